The van der Waals surface area contributed by atoms with Crippen LogP contribution in [-0.4, -0.2) is 36.1 Å². The van der Waals surface area contributed by atoms with Gasteiger partial charge in [-0.25, -0.2) is 4.39 Å². The Morgan fingerprint density at radius 2 is 2.17 bits per heavy atom. The van der Waals surface area contributed by atoms with E-state index in [0.29, 0.717) is 6.04 Å². The first-order chi connectivity index (χ1) is 8.41. The van der Waals surface area contributed by atoms with Gasteiger partial charge in [-0.2, -0.15) is 0 Å². The highest BCUT2D eigenvalue weighted by Gasteiger charge is 2.06. The SMILES string of the molecule is CC(C)N(C)CCNc1ccc(C(N)=S)c(F)c1. The quantitative estimate of drug-likeness (QED) is 0.777. The molecule has 0 bridgehead atoms. The van der Waals surface area contributed by atoms with Crippen molar-refractivity contribution in [2.24, 2.45) is 5.73 Å². The molecular weight excluding hydrogens is 249 g/mol. The number of nitrogens with zero attached hydrogens (tertiary/aromatic N) is 1. The Hall–Kier alpha value is -1.20. The fourth-order valence-electron chi connectivity index (χ4n) is 1.46. The van der Waals surface area contributed by atoms with Crippen LogP contribution in [0, 0.1) is 5.82 Å². The third-order valence-electron chi connectivity index (χ3n) is 2.91. The molecule has 1 aromatic carbocycles. The fraction of sp³-hybridized carbons (Fsp3) is 0.462. The topological polar surface area (TPSA) is 41.3 Å². The summed E-state index contributed by atoms with van der Waals surface area (Å²) in [4.78, 5) is 2.30. The summed E-state index contributed by atoms with van der Waals surface area (Å²) in [5, 5.41) is 3.17. The number of thiocarbonyl (C=S) groups is 1. The molecule has 0 unspecified atom stereocenters. The predicted octanol–water partition coefficient (Wildman–Crippen LogP) is 2.21. The standard InChI is InChI=1S/C13H20FN3S/c1-9(2)17(3)7-6-16-10-4-5-11(13(15)18)12(14)8-10/h4-5,8-9,16H,6-7H2,1-3H3,(H2,15,18). The van der Waals surface area contributed by atoms with Crippen molar-refractivity contribution >= 4 is 22.9 Å². The Labute approximate surface area is 113 Å². The summed E-state index contributed by atoms with van der Waals surface area (Å²) in [7, 11) is 2.06. The van der Waals surface area contributed by atoms with Crippen LogP contribution in [0.4, 0.5) is 10.1 Å². The van der Waals surface area contributed by atoms with Gasteiger partial charge >= 0.3 is 0 Å². The highest BCUT2D eigenvalue weighted by atomic mass is 32.1. The van der Waals surface area contributed by atoms with E-state index in [9.17, 15) is 4.39 Å². The fourth-order valence-corrected chi connectivity index (χ4v) is 1.63. The van der Waals surface area contributed by atoms with Gasteiger partial charge in [0.25, 0.3) is 0 Å². The van der Waals surface area contributed by atoms with Crippen molar-refractivity contribution in [1.82, 2.24) is 4.90 Å². The zero-order chi connectivity index (χ0) is 13.7. The van der Waals surface area contributed by atoms with Crippen molar-refractivity contribution in [2.45, 2.75) is 19.9 Å². The Morgan fingerprint density at radius 3 is 2.67 bits per heavy atom. The third kappa shape index (κ3) is 4.23. The first-order valence-corrected chi connectivity index (χ1v) is 6.36. The first kappa shape index (κ1) is 14.9. The van der Waals surface area contributed by atoms with E-state index in [4.69, 9.17) is 18.0 Å². The van der Waals surface area contributed by atoms with Crippen LogP contribution >= 0.6 is 12.2 Å². The summed E-state index contributed by atoms with van der Waals surface area (Å²) >= 11 is 4.75. The van der Waals surface area contributed by atoms with Crippen LogP contribution in [0.15, 0.2) is 18.2 Å². The number of hydrogen-bond donors (Lipinski definition) is 2. The van der Waals surface area contributed by atoms with Crippen LogP contribution in [0.5, 0.6) is 0 Å². The monoisotopic (exact) mass is 269 g/mol. The smallest absolute Gasteiger partial charge is 0.135 e. The molecule has 5 heteroatoms. The molecule has 0 heterocycles. The van der Waals surface area contributed by atoms with E-state index in [1.165, 1.54) is 6.07 Å². The molecule has 0 aliphatic heterocycles. The molecule has 0 amide bonds. The molecule has 0 aliphatic rings. The number of hydrogen-bond acceptors (Lipinski definition) is 3. The lowest BCUT2D eigenvalue weighted by Crippen LogP contribution is -2.31. The van der Waals surface area contributed by atoms with E-state index in [0.717, 1.165) is 18.8 Å². The molecule has 0 saturated carbocycles. The van der Waals surface area contributed by atoms with Crippen molar-refractivity contribution < 1.29 is 4.39 Å². The van der Waals surface area contributed by atoms with Gasteiger partial charge in [0, 0.05) is 30.4 Å². The highest BCUT2D eigenvalue weighted by Crippen LogP contribution is 2.14. The van der Waals surface area contributed by atoms with E-state index < -0.39 is 0 Å². The van der Waals surface area contributed by atoms with E-state index in [1.54, 1.807) is 12.1 Å². The normalized spacial score (nSPS) is 11.0. The largest absolute Gasteiger partial charge is 0.389 e. The van der Waals surface area contributed by atoms with Crippen LogP contribution in [-0.2, 0) is 0 Å². The molecule has 1 rings (SSSR count). The summed E-state index contributed by atoms with van der Waals surface area (Å²) in [6.45, 7) is 5.93. The molecular formula is C13H20FN3S. The second-order valence-electron chi connectivity index (χ2n) is 4.56. The van der Waals surface area contributed by atoms with Crippen molar-refractivity contribution in [3.8, 4) is 0 Å². The van der Waals surface area contributed by atoms with E-state index >= 15 is 0 Å². The van der Waals surface area contributed by atoms with Gasteiger partial charge < -0.3 is 16.0 Å². The van der Waals surface area contributed by atoms with Crippen LogP contribution < -0.4 is 11.1 Å². The molecule has 0 aliphatic carbocycles. The lowest BCUT2D eigenvalue weighted by Gasteiger charge is -2.21. The predicted molar refractivity (Wildman–Crippen MR) is 78.5 cm³/mol. The Morgan fingerprint density at radius 1 is 1.50 bits per heavy atom. The molecule has 1 aromatic rings. The van der Waals surface area contributed by atoms with Gasteiger partial charge in [0.05, 0.1) is 0 Å². The lowest BCUT2D eigenvalue weighted by atomic mass is 10.2. The number of rotatable bonds is 6. The van der Waals surface area contributed by atoms with Crippen molar-refractivity contribution in [3.05, 3.63) is 29.6 Å². The Bertz CT molecular complexity index is 421. The molecule has 0 aromatic heterocycles. The molecule has 0 atom stereocenters. The van der Waals surface area contributed by atoms with Gasteiger partial charge in [-0.15, -0.1) is 0 Å². The molecule has 0 spiro atoms. The maximum Gasteiger partial charge on any atom is 0.135 e. The van der Waals surface area contributed by atoms with Gasteiger partial charge in [0.2, 0.25) is 0 Å². The summed E-state index contributed by atoms with van der Waals surface area (Å²) in [5.74, 6) is -0.385. The Balaban J connectivity index is 2.54. The summed E-state index contributed by atoms with van der Waals surface area (Å²) in [5.41, 5.74) is 6.43. The average Bonchev–Trinajstić information content (AvgIpc) is 2.28. The van der Waals surface area contributed by atoms with Gasteiger partial charge in [0.1, 0.15) is 10.8 Å². The lowest BCUT2D eigenvalue weighted by molar-refractivity contribution is 0.284. The van der Waals surface area contributed by atoms with E-state index in [-0.39, 0.29) is 16.4 Å². The minimum atomic E-state index is -0.385. The van der Waals surface area contributed by atoms with Crippen molar-refractivity contribution in [1.29, 1.82) is 0 Å². The number of likely N-dealkylation sites (N-methyl/N-ethyl adjacent to an activating group) is 1. The number of anilines is 1. The van der Waals surface area contributed by atoms with Crippen molar-refractivity contribution in [2.75, 3.05) is 25.5 Å². The molecule has 100 valence electrons. The summed E-state index contributed by atoms with van der Waals surface area (Å²) in [6, 6.07) is 5.31. The molecule has 0 fully saturated rings. The van der Waals surface area contributed by atoms with E-state index in [2.05, 4.69) is 31.1 Å². The van der Waals surface area contributed by atoms with Gasteiger partial charge in [-0.3, -0.25) is 0 Å². The highest BCUT2D eigenvalue weighted by molar-refractivity contribution is 7.80. The van der Waals surface area contributed by atoms with Crippen LogP contribution in [0.2, 0.25) is 0 Å². The maximum atomic E-state index is 13.6. The number of nitrogens with one attached hydrogen (secondary N) is 1. The van der Waals surface area contributed by atoms with E-state index in [1.807, 2.05) is 0 Å². The van der Waals surface area contributed by atoms with Gasteiger partial charge in [0.15, 0.2) is 0 Å². The molecule has 3 N–H and O–H groups in total. The van der Waals surface area contributed by atoms with Crippen LogP contribution in [0.25, 0.3) is 0 Å². The van der Waals surface area contributed by atoms with Crippen LogP contribution in [0.3, 0.4) is 0 Å². The zero-order valence-corrected chi connectivity index (χ0v) is 11.9. The Kier molecular flexibility index (Phi) is 5.50. The molecule has 3 nitrogen and oxygen atoms in total. The number of benzene rings is 1. The van der Waals surface area contributed by atoms with Crippen LogP contribution in [0.1, 0.15) is 19.4 Å². The average molecular weight is 269 g/mol. The minimum absolute atomic E-state index is 0.0820. The molecule has 0 radical (unpaired) electrons. The maximum absolute atomic E-state index is 13.6. The third-order valence-corrected chi connectivity index (χ3v) is 3.13. The molecule has 0 saturated heterocycles. The first-order valence-electron chi connectivity index (χ1n) is 5.95. The number of halogens is 1. The number of nitrogens with two attached hydrogens (primary N) is 1. The van der Waals surface area contributed by atoms with Gasteiger partial charge in [-0.1, -0.05) is 12.2 Å². The van der Waals surface area contributed by atoms with Crippen molar-refractivity contribution in [3.63, 3.8) is 0 Å². The molecule has 18 heavy (non-hydrogen) atoms. The summed E-state index contributed by atoms with van der Waals surface area (Å²) < 4.78 is 13.6. The second kappa shape index (κ2) is 6.66. The second-order valence-corrected chi connectivity index (χ2v) is 5.00. The summed E-state index contributed by atoms with van der Waals surface area (Å²) in [6.07, 6.45) is 0. The van der Waals surface area contributed by atoms with Gasteiger partial charge in [-0.05, 0) is 39.1 Å². The minimum Gasteiger partial charge on any atom is -0.389 e. The zero-order valence-electron chi connectivity index (χ0n) is 11.0.